The molecule has 2 aliphatic heterocycles. The van der Waals surface area contributed by atoms with E-state index in [9.17, 15) is 40.9 Å². The zero-order chi connectivity index (χ0) is 22.9. The molecular weight excluding hydrogens is 420 g/mol. The molecule has 8 N–H and O–H groups in total. The van der Waals surface area contributed by atoms with Crippen LogP contribution in [-0.2, 0) is 9.47 Å². The van der Waals surface area contributed by atoms with Gasteiger partial charge in [0.1, 0.15) is 48.8 Å². The topological polar surface area (TPSA) is 199 Å². The lowest BCUT2D eigenvalue weighted by atomic mass is 9.99. The fraction of sp³-hybridized carbons (Fsp3) is 0.684. The summed E-state index contributed by atoms with van der Waals surface area (Å²) in [7, 11) is 0. The molecule has 2 saturated heterocycles. The number of hydrogen-bond acceptors (Lipinski definition) is 12. The zero-order valence-electron chi connectivity index (χ0n) is 16.6. The fourth-order valence-corrected chi connectivity index (χ4v) is 3.38. The Bertz CT molecular complexity index is 728. The van der Waals surface area contributed by atoms with Crippen LogP contribution in [0.25, 0.3) is 0 Å². The Labute approximate surface area is 177 Å². The van der Waals surface area contributed by atoms with Crippen molar-refractivity contribution in [2.24, 2.45) is 0 Å². The lowest BCUT2D eigenvalue weighted by Crippen LogP contribution is -2.60. The third kappa shape index (κ3) is 4.93. The number of ether oxygens (including phenoxy) is 4. The smallest absolute Gasteiger partial charge is 0.229 e. The van der Waals surface area contributed by atoms with Crippen molar-refractivity contribution in [3.63, 3.8) is 0 Å². The standard InChI is InChI=1S/C19H28O12/c1-7-2-3-8(28-18-16(26)14(24)12(22)10(5-20)30-18)9(4-7)29-19-17(27)15(25)13(23)11(6-21)31-19/h2-4,10-27H,5-6H2,1H3/t10-,11-,12-,13-,14+,15+,16-,17+,18-,19+/m1/s1. The minimum Gasteiger partial charge on any atom is -0.458 e. The molecule has 12 nitrogen and oxygen atoms in total. The molecule has 10 atom stereocenters. The zero-order valence-corrected chi connectivity index (χ0v) is 16.6. The number of rotatable bonds is 6. The van der Waals surface area contributed by atoms with E-state index >= 15 is 0 Å². The normalized spacial score (nSPS) is 41.1. The van der Waals surface area contributed by atoms with Crippen molar-refractivity contribution >= 4 is 0 Å². The van der Waals surface area contributed by atoms with Gasteiger partial charge in [0, 0.05) is 0 Å². The van der Waals surface area contributed by atoms with E-state index in [1.54, 1.807) is 13.0 Å². The van der Waals surface area contributed by atoms with Crippen molar-refractivity contribution in [1.82, 2.24) is 0 Å². The summed E-state index contributed by atoms with van der Waals surface area (Å²) < 4.78 is 21.9. The first-order chi connectivity index (χ1) is 14.7. The molecule has 2 heterocycles. The van der Waals surface area contributed by atoms with Crippen molar-refractivity contribution in [3.8, 4) is 11.5 Å². The van der Waals surface area contributed by atoms with Crippen molar-refractivity contribution in [2.45, 2.75) is 68.3 Å². The Balaban J connectivity index is 1.81. The van der Waals surface area contributed by atoms with Crippen LogP contribution < -0.4 is 9.47 Å². The molecule has 3 rings (SSSR count). The molecule has 1 aromatic rings. The van der Waals surface area contributed by atoms with Crippen LogP contribution in [0, 0.1) is 6.92 Å². The quantitative estimate of drug-likeness (QED) is 0.213. The second kappa shape index (κ2) is 9.92. The largest absolute Gasteiger partial charge is 0.458 e. The molecule has 31 heavy (non-hydrogen) atoms. The first-order valence-corrected chi connectivity index (χ1v) is 9.73. The molecule has 0 amide bonds. The molecule has 0 unspecified atom stereocenters. The molecule has 0 aromatic heterocycles. The van der Waals surface area contributed by atoms with Gasteiger partial charge in [0.25, 0.3) is 0 Å². The lowest BCUT2D eigenvalue weighted by Gasteiger charge is -2.40. The Morgan fingerprint density at radius 2 is 1.13 bits per heavy atom. The highest BCUT2D eigenvalue weighted by atomic mass is 16.7. The van der Waals surface area contributed by atoms with Crippen LogP contribution in [0.2, 0.25) is 0 Å². The van der Waals surface area contributed by atoms with Gasteiger partial charge in [0.15, 0.2) is 11.5 Å². The fourth-order valence-electron chi connectivity index (χ4n) is 3.38. The van der Waals surface area contributed by atoms with Crippen LogP contribution in [-0.4, -0.2) is 115 Å². The third-order valence-electron chi connectivity index (χ3n) is 5.28. The van der Waals surface area contributed by atoms with Crippen LogP contribution in [0.3, 0.4) is 0 Å². The highest BCUT2D eigenvalue weighted by Gasteiger charge is 2.46. The maximum atomic E-state index is 10.2. The summed E-state index contributed by atoms with van der Waals surface area (Å²) >= 11 is 0. The van der Waals surface area contributed by atoms with Gasteiger partial charge >= 0.3 is 0 Å². The summed E-state index contributed by atoms with van der Waals surface area (Å²) in [5.41, 5.74) is 0.709. The van der Waals surface area contributed by atoms with Crippen LogP contribution in [0.5, 0.6) is 11.5 Å². The van der Waals surface area contributed by atoms with Gasteiger partial charge in [0.2, 0.25) is 12.6 Å². The van der Waals surface area contributed by atoms with Crippen LogP contribution >= 0.6 is 0 Å². The van der Waals surface area contributed by atoms with E-state index in [1.165, 1.54) is 12.1 Å². The molecular formula is C19H28O12. The van der Waals surface area contributed by atoms with E-state index in [2.05, 4.69) is 0 Å². The van der Waals surface area contributed by atoms with E-state index in [-0.39, 0.29) is 11.5 Å². The molecule has 0 bridgehead atoms. The first-order valence-electron chi connectivity index (χ1n) is 9.73. The average molecular weight is 448 g/mol. The number of aryl methyl sites for hydroxylation is 1. The number of hydrogen-bond donors (Lipinski definition) is 8. The molecule has 176 valence electrons. The highest BCUT2D eigenvalue weighted by molar-refractivity contribution is 5.43. The predicted octanol–water partition coefficient (Wildman–Crippen LogP) is -3.65. The van der Waals surface area contributed by atoms with Crippen molar-refractivity contribution in [1.29, 1.82) is 0 Å². The minimum atomic E-state index is -1.65. The average Bonchev–Trinajstić information content (AvgIpc) is 2.76. The van der Waals surface area contributed by atoms with E-state index in [0.29, 0.717) is 5.56 Å². The summed E-state index contributed by atoms with van der Waals surface area (Å²) in [5.74, 6) is -0.00632. The summed E-state index contributed by atoms with van der Waals surface area (Å²) in [6, 6.07) is 4.59. The summed E-state index contributed by atoms with van der Waals surface area (Å²) in [6.07, 6.45) is -15.0. The summed E-state index contributed by atoms with van der Waals surface area (Å²) in [5, 5.41) is 78.7. The van der Waals surface area contributed by atoms with E-state index in [4.69, 9.17) is 18.9 Å². The maximum absolute atomic E-state index is 10.2. The molecule has 2 fully saturated rings. The van der Waals surface area contributed by atoms with Crippen molar-refractivity contribution < 1.29 is 59.8 Å². The third-order valence-corrected chi connectivity index (χ3v) is 5.28. The summed E-state index contributed by atoms with van der Waals surface area (Å²) in [6.45, 7) is 0.470. The van der Waals surface area contributed by atoms with Gasteiger partial charge in [-0.3, -0.25) is 0 Å². The summed E-state index contributed by atoms with van der Waals surface area (Å²) in [4.78, 5) is 0. The van der Waals surface area contributed by atoms with Gasteiger partial charge in [0.05, 0.1) is 13.2 Å². The number of aliphatic hydroxyl groups excluding tert-OH is 8. The molecule has 0 saturated carbocycles. The van der Waals surface area contributed by atoms with E-state index in [1.807, 2.05) is 0 Å². The van der Waals surface area contributed by atoms with Crippen molar-refractivity contribution in [3.05, 3.63) is 23.8 Å². The molecule has 0 radical (unpaired) electrons. The van der Waals surface area contributed by atoms with Crippen LogP contribution in [0.4, 0.5) is 0 Å². The lowest BCUT2D eigenvalue weighted by molar-refractivity contribution is -0.282. The molecule has 1 aromatic carbocycles. The molecule has 0 aliphatic carbocycles. The minimum absolute atomic E-state index is 0.00119. The van der Waals surface area contributed by atoms with E-state index in [0.717, 1.165) is 0 Å². The predicted molar refractivity (Wildman–Crippen MR) is 100.0 cm³/mol. The molecule has 12 heteroatoms. The van der Waals surface area contributed by atoms with Gasteiger partial charge in [-0.25, -0.2) is 0 Å². The maximum Gasteiger partial charge on any atom is 0.229 e. The van der Waals surface area contributed by atoms with Crippen molar-refractivity contribution in [2.75, 3.05) is 13.2 Å². The van der Waals surface area contributed by atoms with Crippen LogP contribution in [0.1, 0.15) is 5.56 Å². The molecule has 2 aliphatic rings. The van der Waals surface area contributed by atoms with Crippen LogP contribution in [0.15, 0.2) is 18.2 Å². The highest BCUT2D eigenvalue weighted by Crippen LogP contribution is 2.34. The second-order valence-electron chi connectivity index (χ2n) is 7.58. The Morgan fingerprint density at radius 1 is 0.677 bits per heavy atom. The van der Waals surface area contributed by atoms with Gasteiger partial charge < -0.3 is 59.8 Å². The van der Waals surface area contributed by atoms with E-state index < -0.39 is 74.6 Å². The van der Waals surface area contributed by atoms with Gasteiger partial charge in [-0.2, -0.15) is 0 Å². The Hall–Kier alpha value is -1.58. The monoisotopic (exact) mass is 448 g/mol. The van der Waals surface area contributed by atoms with Gasteiger partial charge in [-0.15, -0.1) is 0 Å². The number of aliphatic hydroxyl groups is 8. The second-order valence-corrected chi connectivity index (χ2v) is 7.58. The SMILES string of the molecule is Cc1ccc(O[C@@H]2O[C@H](CO)[C@@H](O)[C@H](O)[C@H]2O)c(O[C@H]2O[C@H](CO)[C@@H](O)[C@H](O)[C@@H]2O)c1. The first kappa shape index (κ1) is 24.1. The molecule has 0 spiro atoms. The number of benzene rings is 1. The van der Waals surface area contributed by atoms with Gasteiger partial charge in [-0.05, 0) is 24.6 Å². The van der Waals surface area contributed by atoms with Gasteiger partial charge in [-0.1, -0.05) is 6.07 Å². The Kier molecular flexibility index (Phi) is 7.70. The Morgan fingerprint density at radius 3 is 1.58 bits per heavy atom.